The monoisotopic (exact) mass is 315 g/mol. The van der Waals surface area contributed by atoms with E-state index in [9.17, 15) is 5.11 Å². The van der Waals surface area contributed by atoms with E-state index in [0.29, 0.717) is 6.54 Å². The number of aliphatic hydroxyl groups is 1. The molecule has 0 radical (unpaired) electrons. The highest BCUT2D eigenvalue weighted by Gasteiger charge is 2.66. The third-order valence-corrected chi connectivity index (χ3v) is 6.28. The predicted octanol–water partition coefficient (Wildman–Crippen LogP) is 2.33. The van der Waals surface area contributed by atoms with E-state index in [4.69, 9.17) is 9.47 Å². The molecule has 4 heteroatoms. The zero-order valence-electron chi connectivity index (χ0n) is 13.9. The third kappa shape index (κ3) is 1.74. The first-order valence-electron chi connectivity index (χ1n) is 8.50. The first kappa shape index (κ1) is 15.0. The van der Waals surface area contributed by atoms with Crippen molar-refractivity contribution in [3.05, 3.63) is 35.9 Å². The van der Waals surface area contributed by atoms with Crippen LogP contribution < -0.4 is 14.8 Å². The van der Waals surface area contributed by atoms with Gasteiger partial charge in [0.15, 0.2) is 11.5 Å². The van der Waals surface area contributed by atoms with Crippen molar-refractivity contribution < 1.29 is 14.6 Å². The van der Waals surface area contributed by atoms with Gasteiger partial charge in [-0.3, -0.25) is 0 Å². The van der Waals surface area contributed by atoms with Gasteiger partial charge in [0.25, 0.3) is 0 Å². The molecule has 0 bridgehead atoms. The molecule has 1 heterocycles. The molecule has 0 saturated heterocycles. The molecule has 0 aromatic heterocycles. The Kier molecular flexibility index (Phi) is 3.26. The van der Waals surface area contributed by atoms with E-state index in [1.165, 1.54) is 11.1 Å². The van der Waals surface area contributed by atoms with Gasteiger partial charge in [0.1, 0.15) is 6.10 Å². The van der Waals surface area contributed by atoms with Crippen LogP contribution in [0, 0.1) is 0 Å². The first-order chi connectivity index (χ1) is 11.1. The van der Waals surface area contributed by atoms with Crippen LogP contribution in [0.2, 0.25) is 0 Å². The second kappa shape index (κ2) is 4.99. The molecule has 4 atom stereocenters. The molecule has 0 amide bonds. The number of nitrogens with one attached hydrogen (secondary N) is 1. The summed E-state index contributed by atoms with van der Waals surface area (Å²) in [6.45, 7) is 6.67. The lowest BCUT2D eigenvalue weighted by atomic mass is 9.53. The largest absolute Gasteiger partial charge is 0.493 e. The van der Waals surface area contributed by atoms with Crippen LogP contribution in [0.5, 0.6) is 11.5 Å². The van der Waals surface area contributed by atoms with Crippen molar-refractivity contribution in [3.63, 3.8) is 0 Å². The van der Waals surface area contributed by atoms with E-state index in [2.05, 4.69) is 24.9 Å². The molecule has 4 rings (SSSR count). The molecule has 2 N–H and O–H groups in total. The van der Waals surface area contributed by atoms with Crippen LogP contribution in [0.15, 0.2) is 24.8 Å². The zero-order valence-corrected chi connectivity index (χ0v) is 13.9. The summed E-state index contributed by atoms with van der Waals surface area (Å²) in [5.74, 6) is 1.62. The van der Waals surface area contributed by atoms with Gasteiger partial charge in [-0.05, 0) is 44.2 Å². The van der Waals surface area contributed by atoms with Gasteiger partial charge in [-0.15, -0.1) is 6.58 Å². The fourth-order valence-electron chi connectivity index (χ4n) is 5.09. The summed E-state index contributed by atoms with van der Waals surface area (Å²) in [7, 11) is 1.68. The van der Waals surface area contributed by atoms with Crippen LogP contribution in [0.3, 0.4) is 0 Å². The van der Waals surface area contributed by atoms with Gasteiger partial charge in [-0.1, -0.05) is 12.1 Å². The average molecular weight is 315 g/mol. The molecular weight excluding hydrogens is 290 g/mol. The lowest BCUT2D eigenvalue weighted by Gasteiger charge is -2.55. The molecule has 1 aliphatic heterocycles. The molecule has 1 unspecified atom stereocenters. The molecule has 1 aromatic carbocycles. The summed E-state index contributed by atoms with van der Waals surface area (Å²) in [5, 5.41) is 15.2. The number of hydrogen-bond donors (Lipinski definition) is 2. The number of rotatable bonds is 4. The fourth-order valence-corrected chi connectivity index (χ4v) is 5.09. The lowest BCUT2D eigenvalue weighted by molar-refractivity contribution is -0.124. The molecule has 2 aliphatic carbocycles. The van der Waals surface area contributed by atoms with Gasteiger partial charge in [0.05, 0.1) is 18.1 Å². The molecule has 1 aromatic rings. The predicted molar refractivity (Wildman–Crippen MR) is 89.3 cm³/mol. The maximum absolute atomic E-state index is 11.7. The Bertz CT molecular complexity index is 658. The van der Waals surface area contributed by atoms with E-state index >= 15 is 0 Å². The summed E-state index contributed by atoms with van der Waals surface area (Å²) in [4.78, 5) is 0. The number of benzene rings is 1. The molecule has 0 spiro atoms. The molecule has 3 aliphatic rings. The summed E-state index contributed by atoms with van der Waals surface area (Å²) in [6.07, 6.45) is 5.43. The highest BCUT2D eigenvalue weighted by atomic mass is 16.5. The topological polar surface area (TPSA) is 50.7 Å². The van der Waals surface area contributed by atoms with Crippen LogP contribution in [-0.4, -0.2) is 36.5 Å². The van der Waals surface area contributed by atoms with E-state index in [-0.39, 0.29) is 17.6 Å². The van der Waals surface area contributed by atoms with Crippen molar-refractivity contribution in [1.29, 1.82) is 0 Å². The summed E-state index contributed by atoms with van der Waals surface area (Å²) in [6, 6.07) is 4.14. The smallest absolute Gasteiger partial charge is 0.165 e. The quantitative estimate of drug-likeness (QED) is 0.837. The van der Waals surface area contributed by atoms with E-state index in [1.807, 2.05) is 12.1 Å². The Hall–Kier alpha value is -1.52. The van der Waals surface area contributed by atoms with Gasteiger partial charge in [-0.2, -0.15) is 0 Å². The van der Waals surface area contributed by atoms with Crippen molar-refractivity contribution in [2.24, 2.45) is 0 Å². The van der Waals surface area contributed by atoms with Crippen molar-refractivity contribution in [2.45, 2.75) is 55.8 Å². The second-order valence-electron chi connectivity index (χ2n) is 7.21. The summed E-state index contributed by atoms with van der Waals surface area (Å²) in [5.41, 5.74) is 1.24. The summed E-state index contributed by atoms with van der Waals surface area (Å²) >= 11 is 0. The molecule has 1 saturated carbocycles. The molecule has 4 nitrogen and oxygen atoms in total. The molecular formula is C19H25NO3. The van der Waals surface area contributed by atoms with Gasteiger partial charge >= 0.3 is 0 Å². The van der Waals surface area contributed by atoms with E-state index in [1.54, 1.807) is 7.11 Å². The van der Waals surface area contributed by atoms with E-state index < -0.39 is 5.60 Å². The van der Waals surface area contributed by atoms with Crippen LogP contribution in [0.4, 0.5) is 0 Å². The molecule has 23 heavy (non-hydrogen) atoms. The minimum absolute atomic E-state index is 0.0135. The standard InChI is InChI=1S/C19H25NO3/c1-4-10-20-14-11-12-7-8-13(22-3)17-16(12)18(2)15(23-17)6-5-9-19(14,18)21/h4,7-8,14-15,20-21H,1,5-6,9-11H2,2-3H3/t14-,15+,18?,19-/m0/s1. The van der Waals surface area contributed by atoms with Crippen molar-refractivity contribution in [3.8, 4) is 11.5 Å². The van der Waals surface area contributed by atoms with Gasteiger partial charge in [0, 0.05) is 18.2 Å². The number of ether oxygens (including phenoxy) is 2. The van der Waals surface area contributed by atoms with Gasteiger partial charge in [-0.25, -0.2) is 0 Å². The lowest BCUT2D eigenvalue weighted by Crippen LogP contribution is -2.69. The summed E-state index contributed by atoms with van der Waals surface area (Å²) < 4.78 is 11.8. The van der Waals surface area contributed by atoms with Crippen LogP contribution in [0.1, 0.15) is 37.3 Å². The van der Waals surface area contributed by atoms with Crippen LogP contribution in [-0.2, 0) is 11.8 Å². The van der Waals surface area contributed by atoms with Crippen molar-refractivity contribution in [2.75, 3.05) is 13.7 Å². The number of methoxy groups -OCH3 is 1. The van der Waals surface area contributed by atoms with Crippen LogP contribution >= 0.6 is 0 Å². The average Bonchev–Trinajstić information content (AvgIpc) is 2.86. The zero-order chi connectivity index (χ0) is 16.2. The Morgan fingerprint density at radius 2 is 2.35 bits per heavy atom. The Morgan fingerprint density at radius 3 is 3.09 bits per heavy atom. The normalized spacial score (nSPS) is 37.0. The third-order valence-electron chi connectivity index (χ3n) is 6.28. The Morgan fingerprint density at radius 1 is 1.52 bits per heavy atom. The SMILES string of the molecule is C=CCN[C@H]1Cc2ccc(OC)c3c2C2(C)[C@@H](CCC[C@]12O)O3. The second-order valence-corrected chi connectivity index (χ2v) is 7.21. The maximum Gasteiger partial charge on any atom is 0.165 e. The highest BCUT2D eigenvalue weighted by Crippen LogP contribution is 2.61. The maximum atomic E-state index is 11.7. The van der Waals surface area contributed by atoms with Crippen LogP contribution in [0.25, 0.3) is 0 Å². The minimum Gasteiger partial charge on any atom is -0.493 e. The van der Waals surface area contributed by atoms with Gasteiger partial charge in [0.2, 0.25) is 0 Å². The molecule has 124 valence electrons. The minimum atomic E-state index is -0.802. The van der Waals surface area contributed by atoms with E-state index in [0.717, 1.165) is 37.2 Å². The highest BCUT2D eigenvalue weighted by molar-refractivity contribution is 5.61. The van der Waals surface area contributed by atoms with Crippen molar-refractivity contribution in [1.82, 2.24) is 5.32 Å². The van der Waals surface area contributed by atoms with Crippen molar-refractivity contribution >= 4 is 0 Å². The van der Waals surface area contributed by atoms with Gasteiger partial charge < -0.3 is 19.9 Å². The number of hydrogen-bond acceptors (Lipinski definition) is 4. The molecule has 1 fully saturated rings. The Balaban J connectivity index is 1.91. The fraction of sp³-hybridized carbons (Fsp3) is 0.579. The Labute approximate surface area is 137 Å². The first-order valence-corrected chi connectivity index (χ1v) is 8.50.